The van der Waals surface area contributed by atoms with Crippen LogP contribution < -0.4 is 20.7 Å². The van der Waals surface area contributed by atoms with E-state index in [0.29, 0.717) is 0 Å². The number of hydrogen-bond donors (Lipinski definition) is 4. The maximum Gasteiger partial charge on any atom is 0.416 e. The standard InChI is InChI=1S/C32H33F6N5O5/c1-18-15-43(19(2)17-44)28(45)24-5-4-6-25(41-29(46)39-22-11-7-20(8-12-22)31(33,34)35)27(24)48-26(18)16-42(3)30(47)40-23-13-9-21(10-14-23)32(36,37)38/h4-14,18-19,26,44H,15-17H2,1-3H3,(H,40,47)(H2,39,41,46)/t18-,19-,26-/m1/s1. The Kier molecular flexibility index (Phi) is 10.8. The first kappa shape index (κ1) is 35.9. The first-order chi connectivity index (χ1) is 22.5. The molecule has 0 bridgehead atoms. The molecule has 3 atom stereocenters. The van der Waals surface area contributed by atoms with Crippen molar-refractivity contribution in [3.63, 3.8) is 0 Å². The number of amides is 5. The van der Waals surface area contributed by atoms with Gasteiger partial charge in [-0.2, -0.15) is 26.3 Å². The van der Waals surface area contributed by atoms with Crippen molar-refractivity contribution >= 4 is 35.0 Å². The van der Waals surface area contributed by atoms with Crippen LogP contribution >= 0.6 is 0 Å². The van der Waals surface area contributed by atoms with Gasteiger partial charge in [0, 0.05) is 30.9 Å². The molecule has 48 heavy (non-hydrogen) atoms. The van der Waals surface area contributed by atoms with Crippen molar-refractivity contribution in [1.82, 2.24) is 9.80 Å². The Morgan fingerprint density at radius 1 is 0.917 bits per heavy atom. The third-order valence-corrected chi connectivity index (χ3v) is 7.67. The van der Waals surface area contributed by atoms with Gasteiger partial charge in [-0.15, -0.1) is 0 Å². The third kappa shape index (κ3) is 8.67. The Hall–Kier alpha value is -4.99. The van der Waals surface area contributed by atoms with E-state index in [1.807, 2.05) is 0 Å². The van der Waals surface area contributed by atoms with Gasteiger partial charge in [-0.05, 0) is 67.6 Å². The second kappa shape index (κ2) is 14.4. The molecule has 16 heteroatoms. The monoisotopic (exact) mass is 681 g/mol. The molecule has 0 radical (unpaired) electrons. The zero-order valence-corrected chi connectivity index (χ0v) is 25.9. The molecule has 0 saturated carbocycles. The van der Waals surface area contributed by atoms with Crippen molar-refractivity contribution < 1.29 is 50.6 Å². The van der Waals surface area contributed by atoms with E-state index < -0.39 is 59.5 Å². The summed E-state index contributed by atoms with van der Waals surface area (Å²) in [6.07, 6.45) is -9.91. The van der Waals surface area contributed by atoms with E-state index in [0.717, 1.165) is 48.5 Å². The molecule has 3 aromatic carbocycles. The highest BCUT2D eigenvalue weighted by Gasteiger charge is 2.36. The molecule has 1 heterocycles. The van der Waals surface area contributed by atoms with Crippen LogP contribution in [0.25, 0.3) is 0 Å². The molecule has 4 rings (SSSR count). The van der Waals surface area contributed by atoms with Crippen LogP contribution in [0.15, 0.2) is 66.7 Å². The molecule has 0 unspecified atom stereocenters. The van der Waals surface area contributed by atoms with Gasteiger partial charge >= 0.3 is 24.4 Å². The average Bonchev–Trinajstić information content (AvgIpc) is 3.02. The maximum absolute atomic E-state index is 13.7. The predicted molar refractivity (Wildman–Crippen MR) is 165 cm³/mol. The zero-order chi connectivity index (χ0) is 35.4. The van der Waals surface area contributed by atoms with E-state index >= 15 is 0 Å². The summed E-state index contributed by atoms with van der Waals surface area (Å²) in [6.45, 7) is 3.09. The number of carbonyl (C=O) groups is 3. The first-order valence-corrected chi connectivity index (χ1v) is 14.6. The second-order valence-corrected chi connectivity index (χ2v) is 11.3. The lowest BCUT2D eigenvalue weighted by molar-refractivity contribution is -0.138. The van der Waals surface area contributed by atoms with E-state index in [4.69, 9.17) is 4.74 Å². The number of nitrogens with zero attached hydrogens (tertiary/aromatic N) is 2. The number of fused-ring (bicyclic) bond motifs is 1. The molecule has 258 valence electrons. The molecule has 0 spiro atoms. The van der Waals surface area contributed by atoms with Crippen LogP contribution in [0.3, 0.4) is 0 Å². The van der Waals surface area contributed by atoms with Crippen LogP contribution in [0.2, 0.25) is 0 Å². The summed E-state index contributed by atoms with van der Waals surface area (Å²) in [7, 11) is 1.44. The molecule has 3 aromatic rings. The molecule has 0 aliphatic carbocycles. The van der Waals surface area contributed by atoms with E-state index in [1.165, 1.54) is 35.0 Å². The van der Waals surface area contributed by atoms with Crippen molar-refractivity contribution in [3.8, 4) is 5.75 Å². The summed E-state index contributed by atoms with van der Waals surface area (Å²) in [5, 5.41) is 17.4. The van der Waals surface area contributed by atoms with Crippen molar-refractivity contribution in [2.45, 2.75) is 38.3 Å². The van der Waals surface area contributed by atoms with Gasteiger partial charge in [-0.25, -0.2) is 9.59 Å². The van der Waals surface area contributed by atoms with Crippen molar-refractivity contribution in [2.24, 2.45) is 5.92 Å². The number of alkyl halides is 6. The van der Waals surface area contributed by atoms with E-state index in [1.54, 1.807) is 13.8 Å². The average molecular weight is 682 g/mol. The summed E-state index contributed by atoms with van der Waals surface area (Å²) < 4.78 is 83.9. The fraction of sp³-hybridized carbons (Fsp3) is 0.344. The molecule has 1 aliphatic heterocycles. The quantitative estimate of drug-likeness (QED) is 0.206. The number of para-hydroxylation sites is 1. The van der Waals surface area contributed by atoms with Crippen LogP contribution in [0, 0.1) is 5.92 Å². The minimum Gasteiger partial charge on any atom is -0.485 e. The number of ether oxygens (including phenoxy) is 1. The molecule has 10 nitrogen and oxygen atoms in total. The maximum atomic E-state index is 13.7. The molecule has 1 aliphatic rings. The second-order valence-electron chi connectivity index (χ2n) is 11.3. The zero-order valence-electron chi connectivity index (χ0n) is 25.9. The summed E-state index contributed by atoms with van der Waals surface area (Å²) in [5.74, 6) is -1.00. The lowest BCUT2D eigenvalue weighted by Gasteiger charge is -2.38. The van der Waals surface area contributed by atoms with E-state index in [-0.39, 0.29) is 48.1 Å². The normalized spacial score (nSPS) is 17.3. The highest BCUT2D eigenvalue weighted by Crippen LogP contribution is 2.36. The molecule has 0 saturated heterocycles. The summed E-state index contributed by atoms with van der Waals surface area (Å²) in [6, 6.07) is 9.95. The molecule has 4 N–H and O–H groups in total. The molecular weight excluding hydrogens is 648 g/mol. The summed E-state index contributed by atoms with van der Waals surface area (Å²) in [5.41, 5.74) is -1.51. The topological polar surface area (TPSA) is 123 Å². The van der Waals surface area contributed by atoms with Gasteiger partial charge in [0.25, 0.3) is 5.91 Å². The van der Waals surface area contributed by atoms with Crippen LogP contribution in [-0.2, 0) is 12.4 Å². The largest absolute Gasteiger partial charge is 0.485 e. The lowest BCUT2D eigenvalue weighted by atomic mass is 9.99. The van der Waals surface area contributed by atoms with Gasteiger partial charge in [-0.3, -0.25) is 4.79 Å². The Bertz CT molecular complexity index is 1620. The minimum absolute atomic E-state index is 0.0383. The number of halogens is 6. The van der Waals surface area contributed by atoms with Gasteiger partial charge in [-0.1, -0.05) is 13.0 Å². The Morgan fingerprint density at radius 3 is 1.98 bits per heavy atom. The number of rotatable bonds is 7. The number of carbonyl (C=O) groups excluding carboxylic acids is 3. The highest BCUT2D eigenvalue weighted by atomic mass is 19.4. The minimum atomic E-state index is -4.56. The smallest absolute Gasteiger partial charge is 0.416 e. The number of urea groups is 2. The van der Waals surface area contributed by atoms with Crippen LogP contribution in [0.1, 0.15) is 35.3 Å². The summed E-state index contributed by atoms with van der Waals surface area (Å²) in [4.78, 5) is 42.3. The number of aliphatic hydroxyl groups excluding tert-OH is 1. The predicted octanol–water partition coefficient (Wildman–Crippen LogP) is 6.75. The van der Waals surface area contributed by atoms with Gasteiger partial charge in [0.15, 0.2) is 5.75 Å². The van der Waals surface area contributed by atoms with Crippen LogP contribution in [0.5, 0.6) is 5.75 Å². The molecule has 0 fully saturated rings. The number of nitrogens with one attached hydrogen (secondary N) is 3. The van der Waals surface area contributed by atoms with Crippen molar-refractivity contribution in [1.29, 1.82) is 0 Å². The van der Waals surface area contributed by atoms with Crippen LogP contribution in [-0.4, -0.2) is 71.8 Å². The van der Waals surface area contributed by atoms with Crippen molar-refractivity contribution in [3.05, 3.63) is 83.4 Å². The van der Waals surface area contributed by atoms with E-state index in [9.17, 15) is 45.8 Å². The molecule has 5 amide bonds. The van der Waals surface area contributed by atoms with Gasteiger partial charge in [0.05, 0.1) is 41.6 Å². The lowest BCUT2D eigenvalue weighted by Crippen LogP contribution is -2.50. The number of benzene rings is 3. The number of likely N-dealkylation sites (N-methyl/N-ethyl adjacent to an activating group) is 1. The number of anilines is 3. The van der Waals surface area contributed by atoms with Gasteiger partial charge in [0.2, 0.25) is 0 Å². The third-order valence-electron chi connectivity index (χ3n) is 7.67. The van der Waals surface area contributed by atoms with Crippen molar-refractivity contribution in [2.75, 3.05) is 42.7 Å². The Morgan fingerprint density at radius 2 is 1.46 bits per heavy atom. The Labute approximate surface area is 271 Å². The number of aliphatic hydroxyl groups is 1. The fourth-order valence-electron chi connectivity index (χ4n) is 4.90. The van der Waals surface area contributed by atoms with Gasteiger partial charge < -0.3 is 35.6 Å². The SMILES string of the molecule is C[C@@H]1CN([C@H](C)CO)C(=O)c2cccc(NC(=O)Nc3ccc(C(F)(F)F)cc3)c2O[C@@H]1CN(C)C(=O)Nc1ccc(C(F)(F)F)cc1. The van der Waals surface area contributed by atoms with Crippen LogP contribution in [0.4, 0.5) is 53.0 Å². The number of hydrogen-bond acceptors (Lipinski definition) is 5. The van der Waals surface area contributed by atoms with E-state index in [2.05, 4.69) is 16.0 Å². The molecule has 0 aromatic heterocycles. The Balaban J connectivity index is 1.57. The van der Waals surface area contributed by atoms with Gasteiger partial charge in [0.1, 0.15) is 6.10 Å². The highest BCUT2D eigenvalue weighted by molar-refractivity contribution is 6.04. The first-order valence-electron chi connectivity index (χ1n) is 14.6. The summed E-state index contributed by atoms with van der Waals surface area (Å²) >= 11 is 0. The molecular formula is C32H33F6N5O5. The fourth-order valence-corrected chi connectivity index (χ4v) is 4.90.